The summed E-state index contributed by atoms with van der Waals surface area (Å²) in [6.45, 7) is -0.283. The minimum atomic E-state index is -4.60. The largest absolute Gasteiger partial charge is 0.490 e. The van der Waals surface area contributed by atoms with Crippen LogP contribution in [0.1, 0.15) is 6.42 Å². The monoisotopic (exact) mass is 392 g/mol. The quantitative estimate of drug-likeness (QED) is 0.672. The van der Waals surface area contributed by atoms with Crippen molar-refractivity contribution in [3.63, 3.8) is 0 Å². The van der Waals surface area contributed by atoms with E-state index in [0.717, 1.165) is 0 Å². The maximum Gasteiger partial charge on any atom is 0.416 e. The van der Waals surface area contributed by atoms with Gasteiger partial charge in [-0.25, -0.2) is 9.18 Å². The number of alkyl halides is 4. The second-order valence-corrected chi connectivity index (χ2v) is 5.96. The molecule has 2 heterocycles. The van der Waals surface area contributed by atoms with Crippen molar-refractivity contribution in [3.8, 4) is 5.75 Å². The van der Waals surface area contributed by atoms with Gasteiger partial charge in [-0.3, -0.25) is 4.90 Å². The van der Waals surface area contributed by atoms with Gasteiger partial charge in [0.05, 0.1) is 25.0 Å². The van der Waals surface area contributed by atoms with E-state index in [4.69, 9.17) is 18.7 Å². The molecule has 2 unspecified atom stereocenters. The molecule has 1 saturated heterocycles. The normalized spacial score (nSPS) is 18.8. The molecule has 2 atom stereocenters. The van der Waals surface area contributed by atoms with Crippen LogP contribution in [0.2, 0.25) is 0 Å². The summed E-state index contributed by atoms with van der Waals surface area (Å²) >= 11 is 0. The van der Waals surface area contributed by atoms with Crippen molar-refractivity contribution in [3.05, 3.63) is 18.2 Å². The van der Waals surface area contributed by atoms with Crippen LogP contribution in [0.25, 0.3) is 11.0 Å². The van der Waals surface area contributed by atoms with Crippen LogP contribution in [0, 0.1) is 0 Å². The number of carbonyl (C=O) groups is 1. The van der Waals surface area contributed by atoms with Crippen molar-refractivity contribution < 1.29 is 41.1 Å². The Hall–Kier alpha value is -2.56. The molecule has 1 aliphatic heterocycles. The van der Waals surface area contributed by atoms with Crippen molar-refractivity contribution in [2.45, 2.75) is 24.9 Å². The average molecular weight is 392 g/mol. The lowest BCUT2D eigenvalue weighted by atomic mass is 10.2. The number of rotatable bonds is 7. The molecular weight excluding hydrogens is 376 g/mol. The molecular formula is C16H16F4N2O5. The van der Waals surface area contributed by atoms with E-state index in [-0.39, 0.29) is 30.3 Å². The molecule has 0 aliphatic carbocycles. The van der Waals surface area contributed by atoms with Gasteiger partial charge in [-0.1, -0.05) is 5.16 Å². The first-order valence-corrected chi connectivity index (χ1v) is 7.97. The van der Waals surface area contributed by atoms with Crippen LogP contribution >= 0.6 is 0 Å². The van der Waals surface area contributed by atoms with E-state index in [1.807, 2.05) is 0 Å². The molecule has 2 aromatic rings. The number of anilines is 1. The molecule has 1 fully saturated rings. The fourth-order valence-electron chi connectivity index (χ4n) is 2.65. The number of amides is 1. The second kappa shape index (κ2) is 7.59. The van der Waals surface area contributed by atoms with E-state index in [9.17, 15) is 22.4 Å². The fourth-order valence-corrected chi connectivity index (χ4v) is 2.65. The highest BCUT2D eigenvalue weighted by Gasteiger charge is 2.35. The van der Waals surface area contributed by atoms with Crippen LogP contribution < -0.4 is 9.64 Å². The Labute approximate surface area is 150 Å². The first kappa shape index (κ1) is 19.2. The number of hydrogen-bond acceptors (Lipinski definition) is 6. The number of halogens is 4. The van der Waals surface area contributed by atoms with Crippen molar-refractivity contribution >= 4 is 22.9 Å². The summed E-state index contributed by atoms with van der Waals surface area (Å²) in [5.74, 6) is 0.358. The number of aromatic nitrogens is 1. The third-order valence-corrected chi connectivity index (χ3v) is 3.79. The standard InChI is InChI=1S/C16H16F4N2O5/c1-24-8-11-6-22(15(23)26-11)14-12-3-2-10(4-13(12)27-21-14)25-7-9(17)5-16(18,19)20/h2-4,9,11H,5-8H2,1H3. The first-order valence-electron chi connectivity index (χ1n) is 7.97. The van der Waals surface area contributed by atoms with Crippen LogP contribution in [0.4, 0.5) is 28.2 Å². The predicted octanol–water partition coefficient (Wildman–Crippen LogP) is 3.47. The third kappa shape index (κ3) is 4.59. The number of hydrogen-bond donors (Lipinski definition) is 0. The van der Waals surface area contributed by atoms with Gasteiger partial charge in [0, 0.05) is 13.2 Å². The van der Waals surface area contributed by atoms with E-state index in [0.29, 0.717) is 5.39 Å². The highest BCUT2D eigenvalue weighted by Crippen LogP contribution is 2.32. The molecule has 3 rings (SSSR count). The van der Waals surface area contributed by atoms with Crippen LogP contribution in [-0.4, -0.2) is 56.6 Å². The molecule has 1 aliphatic rings. The highest BCUT2D eigenvalue weighted by atomic mass is 19.4. The summed E-state index contributed by atoms with van der Waals surface area (Å²) in [6.07, 6.45) is -9.39. The van der Waals surface area contributed by atoms with Crippen molar-refractivity contribution in [1.29, 1.82) is 0 Å². The van der Waals surface area contributed by atoms with Gasteiger partial charge in [0.25, 0.3) is 0 Å². The number of cyclic esters (lactones) is 1. The maximum absolute atomic E-state index is 13.3. The Morgan fingerprint density at radius 3 is 2.89 bits per heavy atom. The molecule has 0 radical (unpaired) electrons. The zero-order valence-corrected chi connectivity index (χ0v) is 14.2. The van der Waals surface area contributed by atoms with E-state index in [1.54, 1.807) is 0 Å². The lowest BCUT2D eigenvalue weighted by Crippen LogP contribution is -2.26. The van der Waals surface area contributed by atoms with Gasteiger partial charge in [0.2, 0.25) is 0 Å². The predicted molar refractivity (Wildman–Crippen MR) is 84.6 cm³/mol. The van der Waals surface area contributed by atoms with E-state index in [1.165, 1.54) is 30.2 Å². The number of carbonyl (C=O) groups excluding carboxylic acids is 1. The highest BCUT2D eigenvalue weighted by molar-refractivity contribution is 5.99. The van der Waals surface area contributed by atoms with Gasteiger partial charge >= 0.3 is 12.3 Å². The van der Waals surface area contributed by atoms with E-state index < -0.39 is 37.6 Å². The summed E-state index contributed by atoms with van der Waals surface area (Å²) in [5.41, 5.74) is 0.233. The summed E-state index contributed by atoms with van der Waals surface area (Å²) in [4.78, 5) is 13.3. The zero-order chi connectivity index (χ0) is 19.6. The van der Waals surface area contributed by atoms with Gasteiger partial charge in [-0.15, -0.1) is 0 Å². The van der Waals surface area contributed by atoms with Crippen LogP contribution in [0.15, 0.2) is 22.7 Å². The summed E-state index contributed by atoms with van der Waals surface area (Å²) in [6, 6.07) is 4.31. The number of nitrogens with zero attached hydrogens (tertiary/aromatic N) is 2. The summed E-state index contributed by atoms with van der Waals surface area (Å²) in [7, 11) is 1.49. The summed E-state index contributed by atoms with van der Waals surface area (Å²) in [5, 5.41) is 4.31. The Morgan fingerprint density at radius 2 is 2.19 bits per heavy atom. The SMILES string of the molecule is COCC1CN(c2noc3cc(OCC(F)CC(F)(F)F)ccc23)C(=O)O1. The van der Waals surface area contributed by atoms with Gasteiger partial charge in [0.1, 0.15) is 24.6 Å². The molecule has 148 valence electrons. The van der Waals surface area contributed by atoms with E-state index in [2.05, 4.69) is 5.16 Å². The topological polar surface area (TPSA) is 74.0 Å². The molecule has 0 saturated carbocycles. The Morgan fingerprint density at radius 1 is 1.41 bits per heavy atom. The van der Waals surface area contributed by atoms with Gasteiger partial charge in [-0.2, -0.15) is 13.2 Å². The zero-order valence-electron chi connectivity index (χ0n) is 14.2. The number of ether oxygens (including phenoxy) is 3. The Kier molecular flexibility index (Phi) is 5.40. The minimum Gasteiger partial charge on any atom is -0.490 e. The molecule has 1 amide bonds. The molecule has 0 bridgehead atoms. The third-order valence-electron chi connectivity index (χ3n) is 3.79. The molecule has 0 spiro atoms. The maximum atomic E-state index is 13.3. The van der Waals surface area contributed by atoms with Gasteiger partial charge in [0.15, 0.2) is 11.4 Å². The number of fused-ring (bicyclic) bond motifs is 1. The molecule has 11 heteroatoms. The molecule has 7 nitrogen and oxygen atoms in total. The van der Waals surface area contributed by atoms with Crippen LogP contribution in [-0.2, 0) is 9.47 Å². The Bertz CT molecular complexity index is 810. The van der Waals surface area contributed by atoms with Gasteiger partial charge < -0.3 is 18.7 Å². The summed E-state index contributed by atoms with van der Waals surface area (Å²) < 4.78 is 70.0. The lowest BCUT2D eigenvalue weighted by molar-refractivity contribution is -0.148. The van der Waals surface area contributed by atoms with Crippen LogP contribution in [0.3, 0.4) is 0 Å². The first-order chi connectivity index (χ1) is 12.8. The smallest absolute Gasteiger partial charge is 0.416 e. The van der Waals surface area contributed by atoms with Crippen molar-refractivity contribution in [2.24, 2.45) is 0 Å². The fraction of sp³-hybridized carbons (Fsp3) is 0.500. The van der Waals surface area contributed by atoms with Crippen molar-refractivity contribution in [1.82, 2.24) is 5.16 Å². The number of methoxy groups -OCH3 is 1. The van der Waals surface area contributed by atoms with Gasteiger partial charge in [-0.05, 0) is 12.1 Å². The average Bonchev–Trinajstić information content (AvgIpc) is 3.14. The molecule has 27 heavy (non-hydrogen) atoms. The second-order valence-electron chi connectivity index (χ2n) is 5.96. The van der Waals surface area contributed by atoms with Crippen molar-refractivity contribution in [2.75, 3.05) is 31.8 Å². The van der Waals surface area contributed by atoms with Crippen LogP contribution in [0.5, 0.6) is 5.75 Å². The molecule has 0 N–H and O–H groups in total. The molecule has 1 aromatic heterocycles. The van der Waals surface area contributed by atoms with E-state index >= 15 is 0 Å². The Balaban J connectivity index is 1.69. The minimum absolute atomic E-state index is 0.122. The lowest BCUT2D eigenvalue weighted by Gasteiger charge is -2.12. The molecule has 1 aromatic carbocycles. The number of benzene rings is 1.